The Morgan fingerprint density at radius 1 is 1.09 bits per heavy atom. The molecule has 1 amide bonds. The molecule has 23 heavy (non-hydrogen) atoms. The second-order valence-electron chi connectivity index (χ2n) is 6.90. The van der Waals surface area contributed by atoms with Crippen molar-refractivity contribution in [2.75, 3.05) is 27.3 Å². The van der Waals surface area contributed by atoms with Crippen LogP contribution in [0.25, 0.3) is 0 Å². The number of ketones is 1. The molecule has 0 N–H and O–H groups in total. The number of Topliss-reactive ketones (excluding diaryl/α,β-unsaturated/α-hetero) is 1. The molecule has 4 heteroatoms. The molecular weight excluding hydrogens is 290 g/mol. The van der Waals surface area contributed by atoms with Crippen molar-refractivity contribution in [3.05, 3.63) is 0 Å². The van der Waals surface area contributed by atoms with Crippen LogP contribution in [-0.4, -0.2) is 43.9 Å². The van der Waals surface area contributed by atoms with E-state index in [9.17, 15) is 9.59 Å². The fraction of sp³-hybridized carbons (Fsp3) is 0.895. The standard InChI is InChI=1S/C15H27NO3.2C2H6/c1-12(17)8-14(2,3)9-13(18)16(4)10-15(6-7-15)11-19-5;2*1-2/h6-11H2,1-5H3;2*1-2H3. The van der Waals surface area contributed by atoms with Gasteiger partial charge in [-0.05, 0) is 25.2 Å². The van der Waals surface area contributed by atoms with Gasteiger partial charge in [-0.2, -0.15) is 0 Å². The highest BCUT2D eigenvalue weighted by Gasteiger charge is 2.44. The summed E-state index contributed by atoms with van der Waals surface area (Å²) in [7, 11) is 3.56. The van der Waals surface area contributed by atoms with Gasteiger partial charge in [0, 0.05) is 39.0 Å². The number of hydrogen-bond donors (Lipinski definition) is 0. The first-order valence-corrected chi connectivity index (χ1v) is 8.92. The number of carbonyl (C=O) groups is 2. The van der Waals surface area contributed by atoms with Crippen LogP contribution in [0.1, 0.15) is 74.1 Å². The van der Waals surface area contributed by atoms with Gasteiger partial charge in [0.25, 0.3) is 0 Å². The molecule has 138 valence electrons. The number of amides is 1. The van der Waals surface area contributed by atoms with E-state index in [0.29, 0.717) is 12.8 Å². The minimum atomic E-state index is -0.255. The smallest absolute Gasteiger partial charge is 0.222 e. The SMILES string of the molecule is CC.CC.COCC1(CN(C)C(=O)CC(C)(C)CC(C)=O)CC1. The molecule has 0 radical (unpaired) electrons. The van der Waals surface area contributed by atoms with E-state index in [1.54, 1.807) is 18.9 Å². The van der Waals surface area contributed by atoms with Gasteiger partial charge in [-0.1, -0.05) is 41.5 Å². The maximum absolute atomic E-state index is 12.2. The molecule has 0 spiro atoms. The maximum Gasteiger partial charge on any atom is 0.222 e. The number of hydrogen-bond acceptors (Lipinski definition) is 3. The Hall–Kier alpha value is -0.900. The number of ether oxygens (including phenoxy) is 1. The van der Waals surface area contributed by atoms with Gasteiger partial charge in [-0.3, -0.25) is 4.79 Å². The van der Waals surface area contributed by atoms with Crippen LogP contribution >= 0.6 is 0 Å². The van der Waals surface area contributed by atoms with E-state index in [1.165, 1.54) is 0 Å². The van der Waals surface area contributed by atoms with Crippen LogP contribution < -0.4 is 0 Å². The second kappa shape index (κ2) is 11.6. The molecule has 0 unspecified atom stereocenters. The predicted molar refractivity (Wildman–Crippen MR) is 97.6 cm³/mol. The lowest BCUT2D eigenvalue weighted by Gasteiger charge is -2.28. The Labute approximate surface area is 144 Å². The molecule has 0 bridgehead atoms. The van der Waals surface area contributed by atoms with Crippen molar-refractivity contribution in [1.82, 2.24) is 4.90 Å². The Morgan fingerprint density at radius 2 is 1.57 bits per heavy atom. The fourth-order valence-electron chi connectivity index (χ4n) is 2.70. The molecule has 1 saturated carbocycles. The lowest BCUT2D eigenvalue weighted by molar-refractivity contribution is -0.133. The summed E-state index contributed by atoms with van der Waals surface area (Å²) in [6, 6.07) is 0. The molecule has 1 rings (SSSR count). The van der Waals surface area contributed by atoms with Crippen molar-refractivity contribution in [3.8, 4) is 0 Å². The second-order valence-corrected chi connectivity index (χ2v) is 6.90. The van der Waals surface area contributed by atoms with Crippen molar-refractivity contribution >= 4 is 11.7 Å². The summed E-state index contributed by atoms with van der Waals surface area (Å²) in [4.78, 5) is 25.2. The van der Waals surface area contributed by atoms with Crippen LogP contribution in [0, 0.1) is 10.8 Å². The van der Waals surface area contributed by atoms with Crippen molar-refractivity contribution in [2.45, 2.75) is 74.1 Å². The molecule has 0 saturated heterocycles. The van der Waals surface area contributed by atoms with Crippen LogP contribution in [0.3, 0.4) is 0 Å². The minimum Gasteiger partial charge on any atom is -0.384 e. The first-order chi connectivity index (χ1) is 10.7. The first-order valence-electron chi connectivity index (χ1n) is 8.92. The normalized spacial score (nSPS) is 14.7. The molecule has 0 aromatic carbocycles. The average molecular weight is 330 g/mol. The third kappa shape index (κ3) is 10.5. The summed E-state index contributed by atoms with van der Waals surface area (Å²) in [5.74, 6) is 0.257. The molecule has 0 heterocycles. The number of carbonyl (C=O) groups excluding carboxylic acids is 2. The summed E-state index contributed by atoms with van der Waals surface area (Å²) in [5, 5.41) is 0. The quantitative estimate of drug-likeness (QED) is 0.666. The first kappa shape index (κ1) is 24.4. The zero-order chi connectivity index (χ0) is 18.7. The van der Waals surface area contributed by atoms with Gasteiger partial charge in [0.2, 0.25) is 5.91 Å². The molecule has 0 atom stereocenters. The molecule has 1 fully saturated rings. The van der Waals surface area contributed by atoms with Crippen molar-refractivity contribution in [3.63, 3.8) is 0 Å². The van der Waals surface area contributed by atoms with Gasteiger partial charge in [-0.25, -0.2) is 0 Å². The third-order valence-corrected chi connectivity index (χ3v) is 3.76. The summed E-state index contributed by atoms with van der Waals surface area (Å²) >= 11 is 0. The Balaban J connectivity index is 0. The van der Waals surface area contributed by atoms with Gasteiger partial charge in [0.05, 0.1) is 6.61 Å². The number of nitrogens with zero attached hydrogens (tertiary/aromatic N) is 1. The zero-order valence-electron chi connectivity index (χ0n) is 16.9. The highest BCUT2D eigenvalue weighted by atomic mass is 16.5. The van der Waals surface area contributed by atoms with Gasteiger partial charge in [0.1, 0.15) is 5.78 Å². The van der Waals surface area contributed by atoms with E-state index in [4.69, 9.17) is 4.74 Å². The van der Waals surface area contributed by atoms with E-state index in [-0.39, 0.29) is 22.5 Å². The van der Waals surface area contributed by atoms with Crippen molar-refractivity contribution < 1.29 is 14.3 Å². The fourth-order valence-corrected chi connectivity index (χ4v) is 2.70. The van der Waals surface area contributed by atoms with Crippen LogP contribution in [0.15, 0.2) is 0 Å². The van der Waals surface area contributed by atoms with Crippen molar-refractivity contribution in [1.29, 1.82) is 0 Å². The lowest BCUT2D eigenvalue weighted by Crippen LogP contribution is -2.37. The number of rotatable bonds is 8. The summed E-state index contributed by atoms with van der Waals surface area (Å²) in [5.41, 5.74) is -0.0704. The Kier molecular flexibility index (Phi) is 12.3. The largest absolute Gasteiger partial charge is 0.384 e. The van der Waals surface area contributed by atoms with Gasteiger partial charge in [0.15, 0.2) is 0 Å². The van der Waals surface area contributed by atoms with Gasteiger partial charge in [-0.15, -0.1) is 0 Å². The van der Waals surface area contributed by atoms with Crippen LogP contribution in [0.2, 0.25) is 0 Å². The third-order valence-electron chi connectivity index (χ3n) is 3.76. The minimum absolute atomic E-state index is 0.119. The molecule has 0 aromatic rings. The highest BCUT2D eigenvalue weighted by molar-refractivity contribution is 5.80. The zero-order valence-corrected chi connectivity index (χ0v) is 16.9. The summed E-state index contributed by atoms with van der Waals surface area (Å²) in [6.07, 6.45) is 3.15. The topological polar surface area (TPSA) is 46.6 Å². The molecule has 0 aromatic heterocycles. The molecule has 1 aliphatic rings. The maximum atomic E-state index is 12.2. The molecule has 0 aliphatic heterocycles. The monoisotopic (exact) mass is 329 g/mol. The molecule has 1 aliphatic carbocycles. The van der Waals surface area contributed by atoms with E-state index in [2.05, 4.69) is 0 Å². The molecular formula is C19H39NO3. The number of methoxy groups -OCH3 is 1. The Bertz CT molecular complexity index is 347. The van der Waals surface area contributed by atoms with E-state index < -0.39 is 0 Å². The Morgan fingerprint density at radius 3 is 1.91 bits per heavy atom. The van der Waals surface area contributed by atoms with E-state index in [0.717, 1.165) is 26.0 Å². The highest BCUT2D eigenvalue weighted by Crippen LogP contribution is 2.46. The lowest BCUT2D eigenvalue weighted by atomic mass is 9.83. The van der Waals surface area contributed by atoms with E-state index in [1.807, 2.05) is 48.6 Å². The van der Waals surface area contributed by atoms with Crippen LogP contribution in [0.5, 0.6) is 0 Å². The summed E-state index contributed by atoms with van der Waals surface area (Å²) < 4.78 is 5.22. The van der Waals surface area contributed by atoms with Crippen molar-refractivity contribution in [2.24, 2.45) is 10.8 Å². The van der Waals surface area contributed by atoms with Crippen LogP contribution in [0.4, 0.5) is 0 Å². The van der Waals surface area contributed by atoms with Crippen LogP contribution in [-0.2, 0) is 14.3 Å². The van der Waals surface area contributed by atoms with E-state index >= 15 is 0 Å². The predicted octanol–water partition coefficient (Wildman–Crippen LogP) is 4.32. The van der Waals surface area contributed by atoms with Gasteiger partial charge >= 0.3 is 0 Å². The van der Waals surface area contributed by atoms with Gasteiger partial charge < -0.3 is 14.4 Å². The summed E-state index contributed by atoms with van der Waals surface area (Å²) in [6.45, 7) is 15.0. The average Bonchev–Trinajstić information content (AvgIpc) is 3.21. The molecule has 4 nitrogen and oxygen atoms in total.